The Bertz CT molecular complexity index is 692. The van der Waals surface area contributed by atoms with Gasteiger partial charge in [0.05, 0.1) is 12.2 Å². The van der Waals surface area contributed by atoms with Crippen molar-refractivity contribution in [2.45, 2.75) is 6.92 Å². The normalized spacial score (nSPS) is 21.0. The summed E-state index contributed by atoms with van der Waals surface area (Å²) in [5.41, 5.74) is 1.64. The molecule has 1 aromatic carbocycles. The van der Waals surface area contributed by atoms with Crippen LogP contribution in [-0.4, -0.2) is 35.0 Å². The van der Waals surface area contributed by atoms with Crippen molar-refractivity contribution < 1.29 is 19.1 Å². The third kappa shape index (κ3) is 2.50. The number of carboxylic acids is 1. The fraction of sp³-hybridized carbons (Fsp3) is 0.294. The number of aliphatic carboxylic acids is 1. The molecule has 1 fully saturated rings. The Morgan fingerprint density at radius 2 is 1.91 bits per heavy atom. The maximum Gasteiger partial charge on any atom is 0.308 e. The van der Waals surface area contributed by atoms with Gasteiger partial charge in [0.15, 0.2) is 5.76 Å². The highest BCUT2D eigenvalue weighted by atomic mass is 16.4. The molecule has 0 aliphatic carbocycles. The van der Waals surface area contributed by atoms with Gasteiger partial charge in [-0.05, 0) is 17.5 Å². The van der Waals surface area contributed by atoms with Gasteiger partial charge in [-0.15, -0.1) is 0 Å². The predicted octanol–water partition coefficient (Wildman–Crippen LogP) is 2.74. The van der Waals surface area contributed by atoms with Crippen LogP contribution in [0.5, 0.6) is 0 Å². The van der Waals surface area contributed by atoms with E-state index in [0.717, 1.165) is 11.1 Å². The monoisotopic (exact) mass is 299 g/mol. The zero-order valence-corrected chi connectivity index (χ0v) is 12.2. The minimum Gasteiger partial charge on any atom is -0.481 e. The number of likely N-dealkylation sites (tertiary alicyclic amines) is 1. The lowest BCUT2D eigenvalue weighted by atomic mass is 9.99. The second-order valence-electron chi connectivity index (χ2n) is 5.66. The topological polar surface area (TPSA) is 70.8 Å². The number of carbonyl (C=O) groups is 2. The third-order valence-electron chi connectivity index (χ3n) is 4.16. The Kier molecular flexibility index (Phi) is 3.71. The van der Waals surface area contributed by atoms with Gasteiger partial charge in [-0.3, -0.25) is 9.59 Å². The molecule has 1 aliphatic rings. The van der Waals surface area contributed by atoms with E-state index >= 15 is 0 Å². The molecule has 0 radical (unpaired) electrons. The van der Waals surface area contributed by atoms with Gasteiger partial charge in [0.25, 0.3) is 5.91 Å². The zero-order valence-electron chi connectivity index (χ0n) is 12.2. The van der Waals surface area contributed by atoms with Gasteiger partial charge in [-0.2, -0.15) is 0 Å². The third-order valence-corrected chi connectivity index (χ3v) is 4.16. The summed E-state index contributed by atoms with van der Waals surface area (Å²) in [6, 6.07) is 11.3. The van der Waals surface area contributed by atoms with Crippen molar-refractivity contribution in [1.29, 1.82) is 0 Å². The van der Waals surface area contributed by atoms with Crippen LogP contribution in [0.4, 0.5) is 0 Å². The standard InChI is InChI=1S/C17H17NO4/c1-11-9-18(10-14(11)17(20)21)16(19)15-13(7-8-22-15)12-5-3-2-4-6-12/h2-8,11,14H,9-10H2,1H3,(H,20,21)/t11-,14-/m1/s1. The number of hydrogen-bond donors (Lipinski definition) is 1. The number of carbonyl (C=O) groups excluding carboxylic acids is 1. The van der Waals surface area contributed by atoms with Gasteiger partial charge in [0.1, 0.15) is 0 Å². The minimum atomic E-state index is -0.856. The summed E-state index contributed by atoms with van der Waals surface area (Å²) >= 11 is 0. The molecule has 5 heteroatoms. The van der Waals surface area contributed by atoms with Crippen molar-refractivity contribution in [1.82, 2.24) is 4.90 Å². The van der Waals surface area contributed by atoms with Crippen LogP contribution in [0.3, 0.4) is 0 Å². The summed E-state index contributed by atoms with van der Waals surface area (Å²) in [6.45, 7) is 2.52. The summed E-state index contributed by atoms with van der Waals surface area (Å²) in [7, 11) is 0. The lowest BCUT2D eigenvalue weighted by molar-refractivity contribution is -0.142. The number of rotatable bonds is 3. The SMILES string of the molecule is C[C@@H]1CN(C(=O)c2occc2-c2ccccc2)C[C@H]1C(=O)O. The lowest BCUT2D eigenvalue weighted by Crippen LogP contribution is -2.30. The van der Waals surface area contributed by atoms with Crippen molar-refractivity contribution in [2.24, 2.45) is 11.8 Å². The fourth-order valence-corrected chi connectivity index (χ4v) is 2.92. The summed E-state index contributed by atoms with van der Waals surface area (Å²) in [5, 5.41) is 9.18. The zero-order chi connectivity index (χ0) is 15.7. The smallest absolute Gasteiger partial charge is 0.308 e. The summed E-state index contributed by atoms with van der Waals surface area (Å²) in [6.07, 6.45) is 1.49. The quantitative estimate of drug-likeness (QED) is 0.946. The number of benzene rings is 1. The van der Waals surface area contributed by atoms with E-state index < -0.39 is 11.9 Å². The van der Waals surface area contributed by atoms with Gasteiger partial charge in [0, 0.05) is 18.7 Å². The molecule has 0 bridgehead atoms. The van der Waals surface area contributed by atoms with Crippen molar-refractivity contribution in [2.75, 3.05) is 13.1 Å². The van der Waals surface area contributed by atoms with E-state index in [0.29, 0.717) is 6.54 Å². The second kappa shape index (κ2) is 5.67. The van der Waals surface area contributed by atoms with Crippen LogP contribution in [0.2, 0.25) is 0 Å². The van der Waals surface area contributed by atoms with Gasteiger partial charge < -0.3 is 14.4 Å². The van der Waals surface area contributed by atoms with E-state index in [9.17, 15) is 14.7 Å². The van der Waals surface area contributed by atoms with Crippen LogP contribution in [0.25, 0.3) is 11.1 Å². The molecule has 1 aliphatic heterocycles. The molecule has 2 aromatic rings. The second-order valence-corrected chi connectivity index (χ2v) is 5.66. The number of hydrogen-bond acceptors (Lipinski definition) is 3. The molecule has 0 spiro atoms. The molecule has 1 saturated heterocycles. The first-order valence-electron chi connectivity index (χ1n) is 7.23. The van der Waals surface area contributed by atoms with Crippen LogP contribution in [0.15, 0.2) is 47.1 Å². The van der Waals surface area contributed by atoms with E-state index in [2.05, 4.69) is 0 Å². The van der Waals surface area contributed by atoms with Crippen LogP contribution in [-0.2, 0) is 4.79 Å². The average molecular weight is 299 g/mol. The first kappa shape index (κ1) is 14.4. The van der Waals surface area contributed by atoms with Gasteiger partial charge in [-0.1, -0.05) is 37.3 Å². The Morgan fingerprint density at radius 1 is 1.18 bits per heavy atom. The van der Waals surface area contributed by atoms with Gasteiger partial charge >= 0.3 is 5.97 Å². The predicted molar refractivity (Wildman–Crippen MR) is 80.3 cm³/mol. The van der Waals surface area contributed by atoms with Crippen molar-refractivity contribution >= 4 is 11.9 Å². The molecule has 3 rings (SSSR count). The highest BCUT2D eigenvalue weighted by molar-refractivity contribution is 5.98. The van der Waals surface area contributed by atoms with E-state index in [1.54, 1.807) is 11.0 Å². The number of nitrogens with zero attached hydrogens (tertiary/aromatic N) is 1. The molecule has 22 heavy (non-hydrogen) atoms. The molecule has 0 unspecified atom stereocenters. The van der Waals surface area contributed by atoms with Crippen molar-refractivity contribution in [3.05, 3.63) is 48.4 Å². The molecule has 2 atom stereocenters. The molecule has 0 saturated carbocycles. The average Bonchev–Trinajstić information content (AvgIpc) is 3.14. The lowest BCUT2D eigenvalue weighted by Gasteiger charge is -2.15. The van der Waals surface area contributed by atoms with Gasteiger partial charge in [-0.25, -0.2) is 0 Å². The van der Waals surface area contributed by atoms with Crippen LogP contribution in [0.1, 0.15) is 17.5 Å². The molecule has 1 amide bonds. The summed E-state index contributed by atoms with van der Waals surface area (Å²) in [5.74, 6) is -1.41. The molecule has 5 nitrogen and oxygen atoms in total. The van der Waals surface area contributed by atoms with Crippen LogP contribution < -0.4 is 0 Å². The first-order valence-corrected chi connectivity index (χ1v) is 7.23. The molecular formula is C17H17NO4. The van der Waals surface area contributed by atoms with Crippen LogP contribution in [0, 0.1) is 11.8 Å². The van der Waals surface area contributed by atoms with Crippen LogP contribution >= 0.6 is 0 Å². The number of furan rings is 1. The van der Waals surface area contributed by atoms with E-state index in [1.807, 2.05) is 37.3 Å². The fourth-order valence-electron chi connectivity index (χ4n) is 2.92. The Morgan fingerprint density at radius 3 is 2.55 bits per heavy atom. The summed E-state index contributed by atoms with van der Waals surface area (Å²) < 4.78 is 5.39. The molecular weight excluding hydrogens is 282 g/mol. The van der Waals surface area contributed by atoms with E-state index in [4.69, 9.17) is 4.42 Å². The van der Waals surface area contributed by atoms with Crippen molar-refractivity contribution in [3.8, 4) is 11.1 Å². The minimum absolute atomic E-state index is 0.0587. The van der Waals surface area contributed by atoms with Crippen molar-refractivity contribution in [3.63, 3.8) is 0 Å². The highest BCUT2D eigenvalue weighted by Gasteiger charge is 2.38. The first-order chi connectivity index (χ1) is 10.6. The highest BCUT2D eigenvalue weighted by Crippen LogP contribution is 2.29. The molecule has 1 aromatic heterocycles. The summed E-state index contributed by atoms with van der Waals surface area (Å²) in [4.78, 5) is 25.4. The van der Waals surface area contributed by atoms with E-state index in [1.165, 1.54) is 6.26 Å². The number of amides is 1. The molecule has 1 N–H and O–H groups in total. The van der Waals surface area contributed by atoms with E-state index in [-0.39, 0.29) is 24.1 Å². The maximum atomic E-state index is 12.7. The van der Waals surface area contributed by atoms with Gasteiger partial charge in [0.2, 0.25) is 0 Å². The maximum absolute atomic E-state index is 12.7. The Labute approximate surface area is 128 Å². The Hall–Kier alpha value is -2.56. The molecule has 114 valence electrons. The Balaban J connectivity index is 1.86. The number of carboxylic acid groups (broad SMARTS) is 1. The molecule has 2 heterocycles. The largest absolute Gasteiger partial charge is 0.481 e.